The van der Waals surface area contributed by atoms with Crippen LogP contribution in [0.2, 0.25) is 13.6 Å². The first-order valence-corrected chi connectivity index (χ1v) is 4.62. The van der Waals surface area contributed by atoms with Crippen LogP contribution in [0.15, 0.2) is 0 Å². The fraction of sp³-hybridized carbons (Fsp3) is 1.00. The lowest BCUT2D eigenvalue weighted by Crippen LogP contribution is -2.41. The number of rotatable bonds is 1. The van der Waals surface area contributed by atoms with Crippen molar-refractivity contribution in [3.8, 4) is 0 Å². The van der Waals surface area contributed by atoms with Crippen LogP contribution >= 0.6 is 0 Å². The molecule has 0 radical (unpaired) electrons. The second-order valence-corrected chi connectivity index (χ2v) is 4.87. The molecule has 2 nitrogen and oxygen atoms in total. The molecule has 0 bridgehead atoms. The zero-order chi connectivity index (χ0) is 9.57. The van der Waals surface area contributed by atoms with Gasteiger partial charge in [0.2, 0.25) is 0 Å². The third kappa shape index (κ3) is 1.55. The van der Waals surface area contributed by atoms with Crippen molar-refractivity contribution in [3.05, 3.63) is 0 Å². The SMILES string of the molecule is CB(C)B1OC(C)(C)C(C)(C)O1. The smallest absolute Gasteiger partial charge is 0.406 e. The number of hydrogen-bond donors (Lipinski definition) is 0. The maximum atomic E-state index is 5.80. The van der Waals surface area contributed by atoms with Crippen molar-refractivity contribution in [2.45, 2.75) is 52.5 Å². The van der Waals surface area contributed by atoms with Crippen LogP contribution in [-0.2, 0) is 9.31 Å². The minimum atomic E-state index is -0.179. The van der Waals surface area contributed by atoms with E-state index in [0.717, 1.165) is 0 Å². The normalized spacial score (nSPS) is 26.0. The highest BCUT2D eigenvalue weighted by molar-refractivity contribution is 7.16. The maximum Gasteiger partial charge on any atom is 0.406 e. The molecule has 0 amide bonds. The molecule has 0 aliphatic carbocycles. The van der Waals surface area contributed by atoms with Crippen LogP contribution in [0.4, 0.5) is 0 Å². The van der Waals surface area contributed by atoms with Gasteiger partial charge in [-0.1, -0.05) is 13.6 Å². The first kappa shape index (κ1) is 10.1. The van der Waals surface area contributed by atoms with Crippen molar-refractivity contribution in [2.24, 2.45) is 0 Å². The van der Waals surface area contributed by atoms with E-state index in [0.29, 0.717) is 6.60 Å². The van der Waals surface area contributed by atoms with E-state index in [1.807, 2.05) is 0 Å². The van der Waals surface area contributed by atoms with Crippen LogP contribution in [-0.4, -0.2) is 24.8 Å². The van der Waals surface area contributed by atoms with Gasteiger partial charge in [-0.05, 0) is 27.7 Å². The Kier molecular flexibility index (Phi) is 2.34. The Morgan fingerprint density at radius 2 is 1.25 bits per heavy atom. The summed E-state index contributed by atoms with van der Waals surface area (Å²) in [7, 11) is -0.0463. The van der Waals surface area contributed by atoms with Crippen LogP contribution in [0.1, 0.15) is 27.7 Å². The summed E-state index contributed by atoms with van der Waals surface area (Å²) in [5, 5.41) is 0. The average Bonchev–Trinajstić information content (AvgIpc) is 2.03. The van der Waals surface area contributed by atoms with Gasteiger partial charge in [0.1, 0.15) is 0 Å². The van der Waals surface area contributed by atoms with E-state index in [1.165, 1.54) is 0 Å². The highest BCUT2D eigenvalue weighted by Gasteiger charge is 2.51. The van der Waals surface area contributed by atoms with E-state index in [9.17, 15) is 0 Å². The van der Waals surface area contributed by atoms with Crippen LogP contribution in [0, 0.1) is 0 Å². The van der Waals surface area contributed by atoms with Crippen LogP contribution in [0.3, 0.4) is 0 Å². The molecule has 0 aromatic rings. The van der Waals surface area contributed by atoms with Gasteiger partial charge < -0.3 is 9.31 Å². The van der Waals surface area contributed by atoms with Crippen molar-refractivity contribution < 1.29 is 9.31 Å². The monoisotopic (exact) mass is 168 g/mol. The summed E-state index contributed by atoms with van der Waals surface area (Å²) in [4.78, 5) is 0. The topological polar surface area (TPSA) is 18.5 Å². The molecule has 1 heterocycles. The van der Waals surface area contributed by atoms with Gasteiger partial charge in [-0.15, -0.1) is 0 Å². The first-order chi connectivity index (χ1) is 5.26. The van der Waals surface area contributed by atoms with E-state index in [4.69, 9.17) is 9.31 Å². The third-order valence-electron chi connectivity index (χ3n) is 2.82. The summed E-state index contributed by atoms with van der Waals surface area (Å²) in [6, 6.07) is 0. The summed E-state index contributed by atoms with van der Waals surface area (Å²) in [6.45, 7) is 13.0. The second kappa shape index (κ2) is 2.78. The molecular weight excluding hydrogens is 150 g/mol. The van der Waals surface area contributed by atoms with E-state index in [-0.39, 0.29) is 18.2 Å². The van der Waals surface area contributed by atoms with Crippen LogP contribution in [0.5, 0.6) is 0 Å². The molecule has 4 heteroatoms. The molecule has 0 aromatic heterocycles. The maximum absolute atomic E-state index is 5.80. The molecule has 0 aromatic carbocycles. The summed E-state index contributed by atoms with van der Waals surface area (Å²) in [5.41, 5.74) is -0.357. The molecule has 1 rings (SSSR count). The zero-order valence-electron chi connectivity index (χ0n) is 8.97. The summed E-state index contributed by atoms with van der Waals surface area (Å²) in [5.74, 6) is 0. The average molecular weight is 168 g/mol. The molecule has 1 saturated heterocycles. The molecular formula is C8H18B2O2. The van der Waals surface area contributed by atoms with Gasteiger partial charge in [0, 0.05) is 0 Å². The molecule has 0 spiro atoms. The molecule has 0 atom stereocenters. The van der Waals surface area contributed by atoms with Crippen molar-refractivity contribution in [2.75, 3.05) is 0 Å². The minimum Gasteiger partial charge on any atom is -0.410 e. The lowest BCUT2D eigenvalue weighted by Gasteiger charge is -2.32. The summed E-state index contributed by atoms with van der Waals surface area (Å²) < 4.78 is 11.6. The zero-order valence-corrected chi connectivity index (χ0v) is 8.97. The Balaban J connectivity index is 2.74. The third-order valence-corrected chi connectivity index (χ3v) is 2.82. The molecule has 0 saturated carbocycles. The van der Waals surface area contributed by atoms with E-state index < -0.39 is 0 Å². The Labute approximate surface area is 76.2 Å². The van der Waals surface area contributed by atoms with Crippen molar-refractivity contribution in [1.29, 1.82) is 0 Å². The predicted molar refractivity (Wildman–Crippen MR) is 53.6 cm³/mol. The Morgan fingerprint density at radius 1 is 0.917 bits per heavy atom. The Hall–Kier alpha value is 0.0499. The largest absolute Gasteiger partial charge is 0.410 e. The highest BCUT2D eigenvalue weighted by Crippen LogP contribution is 2.37. The minimum absolute atomic E-state index is 0.0463. The quantitative estimate of drug-likeness (QED) is 0.556. The first-order valence-electron chi connectivity index (χ1n) is 4.62. The molecule has 68 valence electrons. The van der Waals surface area contributed by atoms with Gasteiger partial charge in [0.05, 0.1) is 11.2 Å². The van der Waals surface area contributed by atoms with E-state index >= 15 is 0 Å². The fourth-order valence-corrected chi connectivity index (χ4v) is 1.16. The molecule has 1 fully saturated rings. The summed E-state index contributed by atoms with van der Waals surface area (Å²) >= 11 is 0. The Morgan fingerprint density at radius 3 is 1.42 bits per heavy atom. The highest BCUT2D eigenvalue weighted by atomic mass is 16.7. The lowest BCUT2D eigenvalue weighted by atomic mass is 9.27. The van der Waals surface area contributed by atoms with Gasteiger partial charge in [-0.3, -0.25) is 0 Å². The van der Waals surface area contributed by atoms with Gasteiger partial charge in [0.25, 0.3) is 0 Å². The number of hydrogen-bond acceptors (Lipinski definition) is 2. The second-order valence-electron chi connectivity index (χ2n) is 4.87. The molecule has 12 heavy (non-hydrogen) atoms. The predicted octanol–water partition coefficient (Wildman–Crippen LogP) is 1.91. The van der Waals surface area contributed by atoms with E-state index in [1.54, 1.807) is 0 Å². The molecule has 0 unspecified atom stereocenters. The van der Waals surface area contributed by atoms with Gasteiger partial charge in [0.15, 0.2) is 6.60 Å². The van der Waals surface area contributed by atoms with Crippen molar-refractivity contribution in [1.82, 2.24) is 0 Å². The van der Waals surface area contributed by atoms with Crippen molar-refractivity contribution in [3.63, 3.8) is 0 Å². The Bertz CT molecular complexity index is 162. The van der Waals surface area contributed by atoms with Crippen molar-refractivity contribution >= 4 is 13.6 Å². The molecule has 0 N–H and O–H groups in total. The standard InChI is InChI=1S/C8H18B2O2/c1-7(2)8(3,4)12-10(11-7)9(5)6/h1-6H3. The molecule has 1 aliphatic heterocycles. The van der Waals surface area contributed by atoms with Gasteiger partial charge in [-0.25, -0.2) is 0 Å². The van der Waals surface area contributed by atoms with Gasteiger partial charge in [-0.2, -0.15) is 0 Å². The van der Waals surface area contributed by atoms with Gasteiger partial charge >= 0.3 is 7.01 Å². The molecule has 1 aliphatic rings. The lowest BCUT2D eigenvalue weighted by molar-refractivity contribution is 0.00578. The van der Waals surface area contributed by atoms with E-state index in [2.05, 4.69) is 41.3 Å². The van der Waals surface area contributed by atoms with Crippen LogP contribution < -0.4 is 0 Å². The summed E-state index contributed by atoms with van der Waals surface area (Å²) in [6.07, 6.45) is 0. The fourth-order valence-electron chi connectivity index (χ4n) is 1.16. The van der Waals surface area contributed by atoms with Crippen LogP contribution in [0.25, 0.3) is 0 Å².